The summed E-state index contributed by atoms with van der Waals surface area (Å²) in [6, 6.07) is 5.08. The molecule has 0 aliphatic carbocycles. The third-order valence-electron chi connectivity index (χ3n) is 3.05. The van der Waals surface area contributed by atoms with E-state index in [-0.39, 0.29) is 4.90 Å². The molecular formula is C12H17BrN2O2S2. The van der Waals surface area contributed by atoms with Crippen molar-refractivity contribution < 1.29 is 8.42 Å². The molecule has 19 heavy (non-hydrogen) atoms. The molecule has 0 spiro atoms. The minimum absolute atomic E-state index is 0.271. The summed E-state index contributed by atoms with van der Waals surface area (Å²) in [5.41, 5.74) is 6.43. The number of benzene rings is 1. The van der Waals surface area contributed by atoms with Gasteiger partial charge in [0.2, 0.25) is 10.0 Å². The van der Waals surface area contributed by atoms with Crippen LogP contribution in [0.3, 0.4) is 0 Å². The Morgan fingerprint density at radius 1 is 1.47 bits per heavy atom. The van der Waals surface area contributed by atoms with Crippen LogP contribution < -0.4 is 10.5 Å². The van der Waals surface area contributed by atoms with E-state index in [1.165, 1.54) is 6.42 Å². The fourth-order valence-electron chi connectivity index (χ4n) is 1.97. The summed E-state index contributed by atoms with van der Waals surface area (Å²) in [6.45, 7) is 0.892. The van der Waals surface area contributed by atoms with E-state index in [1.54, 1.807) is 18.2 Å². The molecule has 1 atom stereocenters. The van der Waals surface area contributed by atoms with Gasteiger partial charge in [0.25, 0.3) is 0 Å². The number of thioether (sulfide) groups is 1. The van der Waals surface area contributed by atoms with Gasteiger partial charge < -0.3 is 5.73 Å². The van der Waals surface area contributed by atoms with Crippen molar-refractivity contribution in [1.29, 1.82) is 0 Å². The summed E-state index contributed by atoms with van der Waals surface area (Å²) in [5.74, 6) is 1.13. The van der Waals surface area contributed by atoms with Gasteiger partial charge in [0.05, 0.1) is 4.90 Å². The third-order valence-corrected chi connectivity index (χ3v) is 6.84. The van der Waals surface area contributed by atoms with Gasteiger partial charge >= 0.3 is 0 Å². The highest BCUT2D eigenvalue weighted by Gasteiger charge is 2.21. The van der Waals surface area contributed by atoms with Crippen LogP contribution in [-0.2, 0) is 16.6 Å². The molecule has 1 aliphatic heterocycles. The van der Waals surface area contributed by atoms with Gasteiger partial charge in [0, 0.05) is 22.8 Å². The van der Waals surface area contributed by atoms with Crippen LogP contribution in [0.15, 0.2) is 27.6 Å². The number of nitrogens with one attached hydrogen (secondary N) is 1. The van der Waals surface area contributed by atoms with E-state index in [4.69, 9.17) is 5.73 Å². The molecule has 3 N–H and O–H groups in total. The zero-order valence-corrected chi connectivity index (χ0v) is 13.7. The first-order chi connectivity index (χ1) is 9.03. The molecule has 1 aromatic carbocycles. The van der Waals surface area contributed by atoms with Crippen LogP contribution in [0, 0.1) is 0 Å². The van der Waals surface area contributed by atoms with Crippen molar-refractivity contribution in [3.05, 3.63) is 28.2 Å². The molecule has 1 saturated heterocycles. The Hall–Kier alpha value is -0.0800. The zero-order valence-electron chi connectivity index (χ0n) is 10.4. The van der Waals surface area contributed by atoms with Crippen LogP contribution in [0.2, 0.25) is 0 Å². The smallest absolute Gasteiger partial charge is 0.241 e. The normalized spacial score (nSPS) is 19.8. The largest absolute Gasteiger partial charge is 0.326 e. The first-order valence-electron chi connectivity index (χ1n) is 6.12. The SMILES string of the molecule is NCc1ccc(S(=O)(=O)NCC2CCCS2)c(Br)c1. The van der Waals surface area contributed by atoms with Crippen LogP contribution in [0.25, 0.3) is 0 Å². The second kappa shape index (κ2) is 6.58. The summed E-state index contributed by atoms with van der Waals surface area (Å²) < 4.78 is 27.7. The van der Waals surface area contributed by atoms with Gasteiger partial charge in [-0.2, -0.15) is 11.8 Å². The number of nitrogens with two attached hydrogens (primary N) is 1. The number of sulfonamides is 1. The predicted octanol–water partition coefficient (Wildman–Crippen LogP) is 2.08. The second-order valence-corrected chi connectivity index (χ2v) is 8.45. The van der Waals surface area contributed by atoms with Gasteiger partial charge in [0.1, 0.15) is 0 Å². The van der Waals surface area contributed by atoms with Gasteiger partial charge in [-0.3, -0.25) is 0 Å². The Balaban J connectivity index is 2.10. The van der Waals surface area contributed by atoms with Crippen LogP contribution in [0.1, 0.15) is 18.4 Å². The Morgan fingerprint density at radius 2 is 2.26 bits per heavy atom. The number of rotatable bonds is 5. The van der Waals surface area contributed by atoms with Gasteiger partial charge in [0.15, 0.2) is 0 Å². The van der Waals surface area contributed by atoms with E-state index in [1.807, 2.05) is 11.8 Å². The van der Waals surface area contributed by atoms with E-state index in [9.17, 15) is 8.42 Å². The van der Waals surface area contributed by atoms with Crippen molar-refractivity contribution in [3.8, 4) is 0 Å². The molecule has 1 aromatic rings. The lowest BCUT2D eigenvalue weighted by atomic mass is 10.2. The van der Waals surface area contributed by atoms with Crippen molar-refractivity contribution in [2.45, 2.75) is 29.5 Å². The van der Waals surface area contributed by atoms with E-state index in [0.717, 1.165) is 17.7 Å². The second-order valence-electron chi connectivity index (χ2n) is 4.46. The number of hydrogen-bond acceptors (Lipinski definition) is 4. The van der Waals surface area contributed by atoms with Crippen LogP contribution in [0.4, 0.5) is 0 Å². The fraction of sp³-hybridized carbons (Fsp3) is 0.500. The summed E-state index contributed by atoms with van der Waals surface area (Å²) >= 11 is 5.13. The Bertz CT molecular complexity index is 543. The molecule has 106 valence electrons. The van der Waals surface area contributed by atoms with Crippen molar-refractivity contribution in [1.82, 2.24) is 4.72 Å². The molecule has 1 aliphatic rings. The minimum atomic E-state index is -3.45. The van der Waals surface area contributed by atoms with Crippen LogP contribution in [-0.4, -0.2) is 26.0 Å². The molecule has 0 saturated carbocycles. The maximum atomic E-state index is 12.2. The third kappa shape index (κ3) is 3.95. The maximum Gasteiger partial charge on any atom is 0.241 e. The molecule has 4 nitrogen and oxygen atoms in total. The fourth-order valence-corrected chi connectivity index (χ4v) is 5.49. The predicted molar refractivity (Wildman–Crippen MR) is 82.7 cm³/mol. The molecule has 0 aromatic heterocycles. The molecule has 0 bridgehead atoms. The van der Waals surface area contributed by atoms with E-state index >= 15 is 0 Å². The highest BCUT2D eigenvalue weighted by molar-refractivity contribution is 9.10. The molecule has 0 radical (unpaired) electrons. The number of halogens is 1. The quantitative estimate of drug-likeness (QED) is 0.838. The molecule has 1 heterocycles. The first kappa shape index (κ1) is 15.3. The van der Waals surface area contributed by atoms with E-state index in [0.29, 0.717) is 22.8 Å². The Kier molecular flexibility index (Phi) is 5.30. The topological polar surface area (TPSA) is 72.2 Å². The monoisotopic (exact) mass is 364 g/mol. The maximum absolute atomic E-state index is 12.2. The van der Waals surface area contributed by atoms with Crippen LogP contribution >= 0.6 is 27.7 Å². The highest BCUT2D eigenvalue weighted by Crippen LogP contribution is 2.27. The van der Waals surface area contributed by atoms with E-state index < -0.39 is 10.0 Å². The summed E-state index contributed by atoms with van der Waals surface area (Å²) in [5, 5.41) is 0.400. The summed E-state index contributed by atoms with van der Waals surface area (Å²) in [4.78, 5) is 0.271. The lowest BCUT2D eigenvalue weighted by Gasteiger charge is -2.12. The minimum Gasteiger partial charge on any atom is -0.326 e. The van der Waals surface area contributed by atoms with Crippen LogP contribution in [0.5, 0.6) is 0 Å². The average Bonchev–Trinajstić information content (AvgIpc) is 2.89. The highest BCUT2D eigenvalue weighted by atomic mass is 79.9. The van der Waals surface area contributed by atoms with Crippen molar-refractivity contribution >= 4 is 37.7 Å². The Labute approximate surface area is 126 Å². The molecule has 7 heteroatoms. The lowest BCUT2D eigenvalue weighted by Crippen LogP contribution is -2.30. The molecule has 1 fully saturated rings. The standard InChI is InChI=1S/C12H17BrN2O2S2/c13-11-6-9(7-14)3-4-12(11)19(16,17)15-8-10-2-1-5-18-10/h3-4,6,10,15H,1-2,5,7-8,14H2. The van der Waals surface area contributed by atoms with Gasteiger partial charge in [-0.25, -0.2) is 13.1 Å². The average molecular weight is 365 g/mol. The molecule has 0 amide bonds. The molecule has 2 rings (SSSR count). The van der Waals surface area contributed by atoms with Crippen molar-refractivity contribution in [2.75, 3.05) is 12.3 Å². The van der Waals surface area contributed by atoms with E-state index in [2.05, 4.69) is 20.7 Å². The molecule has 1 unspecified atom stereocenters. The van der Waals surface area contributed by atoms with Gasteiger partial charge in [-0.05, 0) is 52.2 Å². The first-order valence-corrected chi connectivity index (χ1v) is 9.45. The van der Waals surface area contributed by atoms with Crippen molar-refractivity contribution in [3.63, 3.8) is 0 Å². The zero-order chi connectivity index (χ0) is 13.9. The summed E-state index contributed by atoms with van der Waals surface area (Å²) in [6.07, 6.45) is 2.26. The molecular weight excluding hydrogens is 348 g/mol. The summed E-state index contributed by atoms with van der Waals surface area (Å²) in [7, 11) is -3.45. The Morgan fingerprint density at radius 3 is 2.84 bits per heavy atom. The van der Waals surface area contributed by atoms with Gasteiger partial charge in [-0.15, -0.1) is 0 Å². The lowest BCUT2D eigenvalue weighted by molar-refractivity contribution is 0.578. The van der Waals surface area contributed by atoms with Crippen molar-refractivity contribution in [2.24, 2.45) is 5.73 Å². The number of hydrogen-bond donors (Lipinski definition) is 2. The van der Waals surface area contributed by atoms with Gasteiger partial charge in [-0.1, -0.05) is 6.07 Å².